The number of carbonyl (C=O) groups is 1. The molecule has 1 aromatic heterocycles. The van der Waals surface area contributed by atoms with Crippen LogP contribution in [0.25, 0.3) is 0 Å². The second kappa shape index (κ2) is 7.30. The molecule has 0 atom stereocenters. The fourth-order valence-electron chi connectivity index (χ4n) is 1.53. The standard InChI is InChI=1S/C12H9ClF3N3OS2/c13-5-9(20)17-10-18-19-11(22-10)21-6-7-3-1-2-4-8(7)12(14,15)16/h1-4H,5-6H2,(H,17,18,20). The number of carbonyl (C=O) groups excluding carboxylic acids is 1. The summed E-state index contributed by atoms with van der Waals surface area (Å²) in [5.74, 6) is -0.522. The van der Waals surface area contributed by atoms with Crippen LogP contribution in [0.2, 0.25) is 0 Å². The molecule has 0 bridgehead atoms. The Labute approximate surface area is 137 Å². The lowest BCUT2D eigenvalue weighted by atomic mass is 10.1. The van der Waals surface area contributed by atoms with Crippen molar-refractivity contribution in [3.8, 4) is 0 Å². The first-order valence-corrected chi connectivity index (χ1v) is 8.21. The molecule has 0 radical (unpaired) electrons. The van der Waals surface area contributed by atoms with Gasteiger partial charge in [0.1, 0.15) is 5.88 Å². The Bertz CT molecular complexity index is 663. The van der Waals surface area contributed by atoms with Crippen molar-refractivity contribution >= 4 is 45.7 Å². The zero-order chi connectivity index (χ0) is 16.2. The average Bonchev–Trinajstić information content (AvgIpc) is 2.92. The molecule has 1 amide bonds. The van der Waals surface area contributed by atoms with Crippen molar-refractivity contribution in [3.05, 3.63) is 35.4 Å². The highest BCUT2D eigenvalue weighted by atomic mass is 35.5. The maximum absolute atomic E-state index is 12.9. The molecule has 0 unspecified atom stereocenters. The van der Waals surface area contributed by atoms with Crippen LogP contribution >= 0.6 is 34.7 Å². The largest absolute Gasteiger partial charge is 0.416 e. The number of nitrogens with one attached hydrogen (secondary N) is 1. The molecule has 1 N–H and O–H groups in total. The molecule has 22 heavy (non-hydrogen) atoms. The third-order valence-electron chi connectivity index (χ3n) is 2.45. The van der Waals surface area contributed by atoms with Gasteiger partial charge in [-0.25, -0.2) is 0 Å². The van der Waals surface area contributed by atoms with Gasteiger partial charge in [0.15, 0.2) is 4.34 Å². The van der Waals surface area contributed by atoms with Crippen LogP contribution in [0, 0.1) is 0 Å². The van der Waals surface area contributed by atoms with E-state index in [0.717, 1.165) is 29.2 Å². The van der Waals surface area contributed by atoms with Gasteiger partial charge in [0.05, 0.1) is 5.56 Å². The van der Waals surface area contributed by atoms with Crippen LogP contribution in [0.3, 0.4) is 0 Å². The summed E-state index contributed by atoms with van der Waals surface area (Å²) in [5, 5.41) is 10.2. The summed E-state index contributed by atoms with van der Waals surface area (Å²) >= 11 is 7.54. The molecule has 0 aliphatic heterocycles. The Kier molecular flexibility index (Phi) is 5.65. The summed E-state index contributed by atoms with van der Waals surface area (Å²) in [6.45, 7) is 0. The first-order chi connectivity index (χ1) is 10.4. The van der Waals surface area contributed by atoms with Gasteiger partial charge in [-0.1, -0.05) is 41.3 Å². The SMILES string of the molecule is O=C(CCl)Nc1nnc(SCc2ccccc2C(F)(F)F)s1. The molecule has 0 spiro atoms. The summed E-state index contributed by atoms with van der Waals surface area (Å²) in [6, 6.07) is 5.37. The Hall–Kier alpha value is -1.32. The highest BCUT2D eigenvalue weighted by molar-refractivity contribution is 8.00. The summed E-state index contributed by atoms with van der Waals surface area (Å²) in [6.07, 6.45) is -4.39. The van der Waals surface area contributed by atoms with E-state index in [9.17, 15) is 18.0 Å². The lowest BCUT2D eigenvalue weighted by molar-refractivity contribution is -0.138. The second-order valence-corrected chi connectivity index (χ2v) is 6.47. The number of nitrogens with zero attached hydrogens (tertiary/aromatic N) is 2. The monoisotopic (exact) mass is 367 g/mol. The lowest BCUT2D eigenvalue weighted by Gasteiger charge is -2.11. The van der Waals surface area contributed by atoms with Crippen molar-refractivity contribution in [2.24, 2.45) is 0 Å². The van der Waals surface area contributed by atoms with E-state index in [-0.39, 0.29) is 22.3 Å². The number of halogens is 4. The molecule has 0 fully saturated rings. The van der Waals surface area contributed by atoms with Gasteiger partial charge in [-0.15, -0.1) is 21.8 Å². The van der Waals surface area contributed by atoms with Gasteiger partial charge in [-0.05, 0) is 11.6 Å². The molecule has 2 rings (SSSR count). The summed E-state index contributed by atoms with van der Waals surface area (Å²) in [7, 11) is 0. The van der Waals surface area contributed by atoms with Gasteiger partial charge >= 0.3 is 6.18 Å². The quantitative estimate of drug-likeness (QED) is 0.492. The zero-order valence-corrected chi connectivity index (χ0v) is 13.2. The minimum absolute atomic E-state index is 0.105. The van der Waals surface area contributed by atoms with Gasteiger partial charge in [-0.2, -0.15) is 13.2 Å². The maximum atomic E-state index is 12.9. The first-order valence-electron chi connectivity index (χ1n) is 5.87. The van der Waals surface area contributed by atoms with Crippen LogP contribution in [0.1, 0.15) is 11.1 Å². The number of hydrogen-bond donors (Lipinski definition) is 1. The minimum Gasteiger partial charge on any atom is -0.299 e. The number of hydrogen-bond acceptors (Lipinski definition) is 5. The van der Waals surface area contributed by atoms with Crippen molar-refractivity contribution in [3.63, 3.8) is 0 Å². The van der Waals surface area contributed by atoms with Crippen molar-refractivity contribution in [1.82, 2.24) is 10.2 Å². The smallest absolute Gasteiger partial charge is 0.299 e. The van der Waals surface area contributed by atoms with E-state index in [2.05, 4.69) is 15.5 Å². The van der Waals surface area contributed by atoms with Gasteiger partial charge in [-0.3, -0.25) is 10.1 Å². The Morgan fingerprint density at radius 1 is 1.32 bits per heavy atom. The molecule has 118 valence electrons. The van der Waals surface area contributed by atoms with Crippen LogP contribution in [0.15, 0.2) is 28.6 Å². The fraction of sp³-hybridized carbons (Fsp3) is 0.250. The highest BCUT2D eigenvalue weighted by Crippen LogP contribution is 2.35. The fourth-order valence-corrected chi connectivity index (χ4v) is 3.37. The van der Waals surface area contributed by atoms with E-state index >= 15 is 0 Å². The number of aromatic nitrogens is 2. The summed E-state index contributed by atoms with van der Waals surface area (Å²) < 4.78 is 39.1. The highest BCUT2D eigenvalue weighted by Gasteiger charge is 2.32. The van der Waals surface area contributed by atoms with Crippen LogP contribution in [-0.2, 0) is 16.7 Å². The average molecular weight is 368 g/mol. The predicted molar refractivity (Wildman–Crippen MR) is 80.3 cm³/mol. The summed E-state index contributed by atoms with van der Waals surface area (Å²) in [4.78, 5) is 11.1. The van der Waals surface area contributed by atoms with Crippen molar-refractivity contribution < 1.29 is 18.0 Å². The molecule has 0 saturated carbocycles. The molecular weight excluding hydrogens is 359 g/mol. The second-order valence-electron chi connectivity index (χ2n) is 4.00. The van der Waals surface area contributed by atoms with Crippen molar-refractivity contribution in [2.45, 2.75) is 16.3 Å². The Morgan fingerprint density at radius 3 is 2.73 bits per heavy atom. The molecule has 1 aromatic carbocycles. The minimum atomic E-state index is -4.39. The van der Waals surface area contributed by atoms with E-state index in [0.29, 0.717) is 4.34 Å². The Morgan fingerprint density at radius 2 is 2.05 bits per heavy atom. The maximum Gasteiger partial charge on any atom is 0.416 e. The van der Waals surface area contributed by atoms with Crippen LogP contribution in [-0.4, -0.2) is 22.0 Å². The number of anilines is 1. The third-order valence-corrected chi connectivity index (χ3v) is 4.71. The van der Waals surface area contributed by atoms with Gasteiger partial charge in [0.2, 0.25) is 11.0 Å². The van der Waals surface area contributed by atoms with E-state index in [4.69, 9.17) is 11.6 Å². The number of thioether (sulfide) groups is 1. The van der Waals surface area contributed by atoms with E-state index in [1.165, 1.54) is 12.1 Å². The number of amides is 1. The molecular formula is C12H9ClF3N3OS2. The van der Waals surface area contributed by atoms with Gasteiger partial charge < -0.3 is 0 Å². The van der Waals surface area contributed by atoms with Gasteiger partial charge in [0, 0.05) is 5.75 Å². The van der Waals surface area contributed by atoms with Crippen LogP contribution in [0.5, 0.6) is 0 Å². The van der Waals surface area contributed by atoms with E-state index in [1.807, 2.05) is 0 Å². The number of alkyl halides is 4. The normalized spacial score (nSPS) is 11.5. The van der Waals surface area contributed by atoms with Crippen LogP contribution < -0.4 is 5.32 Å². The molecule has 10 heteroatoms. The lowest BCUT2D eigenvalue weighted by Crippen LogP contribution is -2.12. The van der Waals surface area contributed by atoms with Gasteiger partial charge in [0.25, 0.3) is 0 Å². The first kappa shape index (κ1) is 17.0. The molecule has 0 aliphatic carbocycles. The molecule has 1 heterocycles. The molecule has 4 nitrogen and oxygen atoms in total. The van der Waals surface area contributed by atoms with Crippen molar-refractivity contribution in [2.75, 3.05) is 11.2 Å². The molecule has 0 saturated heterocycles. The molecule has 2 aromatic rings. The van der Waals surface area contributed by atoms with Crippen LogP contribution in [0.4, 0.5) is 18.3 Å². The van der Waals surface area contributed by atoms with E-state index < -0.39 is 17.6 Å². The zero-order valence-electron chi connectivity index (χ0n) is 10.9. The van der Waals surface area contributed by atoms with E-state index in [1.54, 1.807) is 6.07 Å². The summed E-state index contributed by atoms with van der Waals surface area (Å²) in [5.41, 5.74) is -0.496. The number of rotatable bonds is 5. The van der Waals surface area contributed by atoms with Crippen molar-refractivity contribution in [1.29, 1.82) is 0 Å². The third kappa shape index (κ3) is 4.59. The Balaban J connectivity index is 2.04. The number of benzene rings is 1. The topological polar surface area (TPSA) is 54.9 Å². The predicted octanol–water partition coefficient (Wildman–Crippen LogP) is 4.03. The molecule has 0 aliphatic rings.